The smallest absolute Gasteiger partial charge is 0.356 e. The number of nitro groups is 1. The summed E-state index contributed by atoms with van der Waals surface area (Å²) in [4.78, 5) is 20.4. The van der Waals surface area contributed by atoms with Crippen LogP contribution in [0.4, 0.5) is 14.5 Å². The molecular formula is C10H5F2N3O4. The number of rotatable bonds is 3. The molecule has 19 heavy (non-hydrogen) atoms. The van der Waals surface area contributed by atoms with E-state index in [-0.39, 0.29) is 0 Å². The lowest BCUT2D eigenvalue weighted by Gasteiger charge is -2.04. The van der Waals surface area contributed by atoms with Gasteiger partial charge in [0.2, 0.25) is 0 Å². The van der Waals surface area contributed by atoms with Crippen molar-refractivity contribution < 1.29 is 23.6 Å². The maximum absolute atomic E-state index is 13.6. The van der Waals surface area contributed by atoms with Crippen molar-refractivity contribution in [3.63, 3.8) is 0 Å². The Morgan fingerprint density at radius 2 is 2.11 bits per heavy atom. The Hall–Kier alpha value is -2.84. The van der Waals surface area contributed by atoms with Crippen molar-refractivity contribution in [3.8, 4) is 5.69 Å². The summed E-state index contributed by atoms with van der Waals surface area (Å²) in [6.45, 7) is 0. The highest BCUT2D eigenvalue weighted by Crippen LogP contribution is 2.26. The van der Waals surface area contributed by atoms with Crippen LogP contribution < -0.4 is 0 Å². The third-order valence-electron chi connectivity index (χ3n) is 2.24. The number of carboxylic acids is 1. The van der Waals surface area contributed by atoms with Crippen LogP contribution in [0, 0.1) is 21.7 Å². The Labute approximate surface area is 103 Å². The third kappa shape index (κ3) is 2.25. The molecule has 98 valence electrons. The monoisotopic (exact) mass is 269 g/mol. The molecule has 0 aliphatic carbocycles. The molecule has 9 heteroatoms. The molecule has 0 amide bonds. The SMILES string of the molecule is O=C(O)c1ccn(-c2c(F)cc(F)cc2[N+](=O)[O-])n1. The fourth-order valence-electron chi connectivity index (χ4n) is 1.48. The molecule has 0 atom stereocenters. The van der Waals surface area contributed by atoms with Crippen LogP contribution in [0.25, 0.3) is 5.69 Å². The first-order chi connectivity index (χ1) is 8.90. The molecule has 7 nitrogen and oxygen atoms in total. The highest BCUT2D eigenvalue weighted by Gasteiger charge is 2.23. The third-order valence-corrected chi connectivity index (χ3v) is 2.24. The van der Waals surface area contributed by atoms with Gasteiger partial charge in [-0.2, -0.15) is 5.10 Å². The number of aromatic carboxylic acids is 1. The molecule has 2 rings (SSSR count). The molecule has 1 aromatic heterocycles. The maximum Gasteiger partial charge on any atom is 0.356 e. The van der Waals surface area contributed by atoms with Crippen LogP contribution in [-0.4, -0.2) is 25.8 Å². The van der Waals surface area contributed by atoms with Crippen LogP contribution >= 0.6 is 0 Å². The van der Waals surface area contributed by atoms with Gasteiger partial charge in [0.05, 0.1) is 11.0 Å². The summed E-state index contributed by atoms with van der Waals surface area (Å²) in [6.07, 6.45) is 1.03. The highest BCUT2D eigenvalue weighted by molar-refractivity contribution is 5.85. The maximum atomic E-state index is 13.6. The molecule has 0 radical (unpaired) electrons. The number of hydrogen-bond acceptors (Lipinski definition) is 4. The Balaban J connectivity index is 2.66. The zero-order valence-electron chi connectivity index (χ0n) is 9.08. The van der Waals surface area contributed by atoms with E-state index in [1.807, 2.05) is 0 Å². The van der Waals surface area contributed by atoms with Gasteiger partial charge in [-0.05, 0) is 6.07 Å². The van der Waals surface area contributed by atoms with Crippen LogP contribution in [0.1, 0.15) is 10.5 Å². The normalized spacial score (nSPS) is 10.4. The van der Waals surface area contributed by atoms with E-state index in [0.29, 0.717) is 16.8 Å². The van der Waals surface area contributed by atoms with Gasteiger partial charge in [-0.1, -0.05) is 0 Å². The average molecular weight is 269 g/mol. The Kier molecular flexibility index (Phi) is 2.95. The molecule has 0 spiro atoms. The fraction of sp³-hybridized carbons (Fsp3) is 0. The number of aromatic nitrogens is 2. The second-order valence-corrected chi connectivity index (χ2v) is 3.46. The summed E-state index contributed by atoms with van der Waals surface area (Å²) in [5, 5.41) is 22.9. The number of carbonyl (C=O) groups is 1. The van der Waals surface area contributed by atoms with E-state index >= 15 is 0 Å². The molecule has 0 aliphatic heterocycles. The number of halogens is 2. The molecule has 0 saturated carbocycles. The van der Waals surface area contributed by atoms with Gasteiger partial charge in [-0.15, -0.1) is 0 Å². The first-order valence-corrected chi connectivity index (χ1v) is 4.83. The summed E-state index contributed by atoms with van der Waals surface area (Å²) < 4.78 is 27.2. The van der Waals surface area contributed by atoms with Gasteiger partial charge >= 0.3 is 11.7 Å². The first-order valence-electron chi connectivity index (χ1n) is 4.83. The minimum absolute atomic E-state index is 0.418. The minimum Gasteiger partial charge on any atom is -0.476 e. The van der Waals surface area contributed by atoms with E-state index < -0.39 is 39.6 Å². The lowest BCUT2D eigenvalue weighted by molar-refractivity contribution is -0.385. The molecule has 1 heterocycles. The summed E-state index contributed by atoms with van der Waals surface area (Å²) in [6, 6.07) is 2.01. The topological polar surface area (TPSA) is 98.3 Å². The number of benzene rings is 1. The van der Waals surface area contributed by atoms with E-state index in [1.165, 1.54) is 0 Å². The molecule has 0 saturated heterocycles. The first kappa shape index (κ1) is 12.6. The van der Waals surface area contributed by atoms with Crippen molar-refractivity contribution in [2.24, 2.45) is 0 Å². The molecule has 0 unspecified atom stereocenters. The van der Waals surface area contributed by atoms with Crippen LogP contribution in [0.2, 0.25) is 0 Å². The number of carboxylic acid groups (broad SMARTS) is 1. The Morgan fingerprint density at radius 1 is 1.42 bits per heavy atom. The summed E-state index contributed by atoms with van der Waals surface area (Å²) in [7, 11) is 0. The van der Waals surface area contributed by atoms with Gasteiger partial charge in [0.15, 0.2) is 17.2 Å². The van der Waals surface area contributed by atoms with Crippen molar-refractivity contribution in [2.75, 3.05) is 0 Å². The number of hydrogen-bond donors (Lipinski definition) is 1. The molecule has 0 aliphatic rings. The quantitative estimate of drug-likeness (QED) is 0.676. The predicted molar refractivity (Wildman–Crippen MR) is 57.1 cm³/mol. The van der Waals surface area contributed by atoms with E-state index in [1.54, 1.807) is 0 Å². The Bertz CT molecular complexity index is 683. The van der Waals surface area contributed by atoms with Crippen molar-refractivity contribution in [2.45, 2.75) is 0 Å². The predicted octanol–water partition coefficient (Wildman–Crippen LogP) is 1.76. The lowest BCUT2D eigenvalue weighted by atomic mass is 10.2. The molecule has 1 N–H and O–H groups in total. The second kappa shape index (κ2) is 4.44. The van der Waals surface area contributed by atoms with E-state index in [9.17, 15) is 23.7 Å². The van der Waals surface area contributed by atoms with Gasteiger partial charge in [0.1, 0.15) is 5.82 Å². The van der Waals surface area contributed by atoms with E-state index in [4.69, 9.17) is 5.11 Å². The van der Waals surface area contributed by atoms with Crippen LogP contribution in [0.3, 0.4) is 0 Å². The van der Waals surface area contributed by atoms with Gasteiger partial charge in [-0.25, -0.2) is 18.3 Å². The van der Waals surface area contributed by atoms with Crippen LogP contribution in [0.15, 0.2) is 24.4 Å². The van der Waals surface area contributed by atoms with Crippen molar-refractivity contribution in [3.05, 3.63) is 51.8 Å². The van der Waals surface area contributed by atoms with E-state index in [2.05, 4.69) is 5.10 Å². The molecule has 1 aromatic carbocycles. The average Bonchev–Trinajstić information content (AvgIpc) is 2.76. The van der Waals surface area contributed by atoms with Crippen molar-refractivity contribution >= 4 is 11.7 Å². The minimum atomic E-state index is -1.37. The van der Waals surface area contributed by atoms with Crippen molar-refractivity contribution in [1.29, 1.82) is 0 Å². The molecule has 0 fully saturated rings. The highest BCUT2D eigenvalue weighted by atomic mass is 19.1. The summed E-state index contributed by atoms with van der Waals surface area (Å²) in [5.41, 5.74) is -1.89. The van der Waals surface area contributed by atoms with Gasteiger partial charge in [-0.3, -0.25) is 10.1 Å². The van der Waals surface area contributed by atoms with Crippen LogP contribution in [-0.2, 0) is 0 Å². The molecular weight excluding hydrogens is 264 g/mol. The Morgan fingerprint density at radius 3 is 2.63 bits per heavy atom. The second-order valence-electron chi connectivity index (χ2n) is 3.46. The fourth-order valence-corrected chi connectivity index (χ4v) is 1.48. The molecule has 0 bridgehead atoms. The number of nitro benzene ring substituents is 1. The lowest BCUT2D eigenvalue weighted by Crippen LogP contribution is -2.06. The molecule has 2 aromatic rings. The largest absolute Gasteiger partial charge is 0.476 e. The van der Waals surface area contributed by atoms with Gasteiger partial charge < -0.3 is 5.11 Å². The number of nitrogens with zero attached hydrogens (tertiary/aromatic N) is 3. The van der Waals surface area contributed by atoms with Gasteiger partial charge in [0.25, 0.3) is 0 Å². The van der Waals surface area contributed by atoms with E-state index in [0.717, 1.165) is 12.3 Å². The zero-order valence-corrected chi connectivity index (χ0v) is 9.08. The zero-order chi connectivity index (χ0) is 14.2. The summed E-state index contributed by atoms with van der Waals surface area (Å²) >= 11 is 0. The standard InChI is InChI=1S/C10H5F2N3O4/c11-5-3-6(12)9(8(4-5)15(18)19)14-2-1-7(13-14)10(16)17/h1-4H,(H,16,17). The van der Waals surface area contributed by atoms with Crippen molar-refractivity contribution in [1.82, 2.24) is 9.78 Å². The summed E-state index contributed by atoms with van der Waals surface area (Å²) in [5.74, 6) is -3.70. The van der Waals surface area contributed by atoms with Crippen LogP contribution in [0.5, 0.6) is 0 Å². The van der Waals surface area contributed by atoms with Gasteiger partial charge in [0, 0.05) is 12.3 Å².